The lowest BCUT2D eigenvalue weighted by Crippen LogP contribution is -2.29. The number of rotatable bonds is 1. The molecule has 1 aliphatic carbocycles. The molecule has 0 spiro atoms. The first-order chi connectivity index (χ1) is 7.00. The van der Waals surface area contributed by atoms with Crippen molar-refractivity contribution in [1.29, 1.82) is 0 Å². The van der Waals surface area contributed by atoms with Crippen LogP contribution in [-0.2, 0) is 18.4 Å². The highest BCUT2D eigenvalue weighted by molar-refractivity contribution is 5.49. The third-order valence-electron chi connectivity index (χ3n) is 3.20. The van der Waals surface area contributed by atoms with Crippen LogP contribution in [0.3, 0.4) is 0 Å². The van der Waals surface area contributed by atoms with Crippen LogP contribution in [0.25, 0.3) is 0 Å². The van der Waals surface area contributed by atoms with Crippen molar-refractivity contribution in [2.24, 2.45) is 5.73 Å². The van der Waals surface area contributed by atoms with Crippen LogP contribution in [0.2, 0.25) is 0 Å². The first-order valence-corrected chi connectivity index (χ1v) is 5.63. The number of phenolic OH excluding ortho intramolecular Hbond substituents is 1. The van der Waals surface area contributed by atoms with E-state index in [1.165, 1.54) is 18.4 Å². The van der Waals surface area contributed by atoms with Gasteiger partial charge in [-0.2, -0.15) is 0 Å². The van der Waals surface area contributed by atoms with Crippen molar-refractivity contribution in [3.05, 3.63) is 28.8 Å². The molecule has 0 aromatic heterocycles. The molecule has 0 bridgehead atoms. The number of aryl methyl sites for hydroxylation is 1. The van der Waals surface area contributed by atoms with Crippen LogP contribution < -0.4 is 5.73 Å². The van der Waals surface area contributed by atoms with Gasteiger partial charge >= 0.3 is 0 Å². The Morgan fingerprint density at radius 1 is 1.20 bits per heavy atom. The van der Waals surface area contributed by atoms with Gasteiger partial charge in [-0.05, 0) is 50.7 Å². The van der Waals surface area contributed by atoms with Gasteiger partial charge in [-0.15, -0.1) is 0 Å². The predicted molar refractivity (Wildman–Crippen MR) is 62.0 cm³/mol. The first-order valence-electron chi connectivity index (χ1n) is 5.63. The third-order valence-corrected chi connectivity index (χ3v) is 3.20. The molecule has 0 heterocycles. The van der Waals surface area contributed by atoms with E-state index in [9.17, 15) is 5.11 Å². The summed E-state index contributed by atoms with van der Waals surface area (Å²) in [6.45, 7) is 3.86. The maximum atomic E-state index is 10.2. The van der Waals surface area contributed by atoms with E-state index in [0.29, 0.717) is 5.75 Å². The summed E-state index contributed by atoms with van der Waals surface area (Å²) in [6, 6.07) is 4.09. The smallest absolute Gasteiger partial charge is 0.124 e. The summed E-state index contributed by atoms with van der Waals surface area (Å²) in [5.41, 5.74) is 8.85. The Bertz CT molecular complexity index is 377. The maximum absolute atomic E-state index is 10.2. The van der Waals surface area contributed by atoms with Crippen LogP contribution >= 0.6 is 0 Å². The maximum Gasteiger partial charge on any atom is 0.124 e. The summed E-state index contributed by atoms with van der Waals surface area (Å²) in [7, 11) is 0. The van der Waals surface area contributed by atoms with Crippen molar-refractivity contribution in [3.8, 4) is 5.75 Å². The molecule has 3 N–H and O–H groups in total. The van der Waals surface area contributed by atoms with E-state index >= 15 is 0 Å². The highest BCUT2D eigenvalue weighted by Gasteiger charge is 2.23. The van der Waals surface area contributed by atoms with Crippen LogP contribution in [-0.4, -0.2) is 5.11 Å². The Labute approximate surface area is 91.1 Å². The minimum Gasteiger partial charge on any atom is -0.507 e. The van der Waals surface area contributed by atoms with Gasteiger partial charge in [-0.25, -0.2) is 0 Å². The molecule has 1 aromatic rings. The van der Waals surface area contributed by atoms with Crippen LogP contribution in [0.15, 0.2) is 12.1 Å². The van der Waals surface area contributed by atoms with E-state index in [4.69, 9.17) is 5.73 Å². The normalized spacial score (nSPS) is 16.2. The second-order valence-corrected chi connectivity index (χ2v) is 5.03. The van der Waals surface area contributed by atoms with Crippen molar-refractivity contribution in [2.45, 2.75) is 45.1 Å². The number of benzene rings is 1. The van der Waals surface area contributed by atoms with E-state index < -0.39 is 5.54 Å². The zero-order valence-electron chi connectivity index (χ0n) is 9.51. The number of aromatic hydroxyl groups is 1. The van der Waals surface area contributed by atoms with E-state index in [1.807, 2.05) is 19.9 Å². The number of hydrogen-bond acceptors (Lipinski definition) is 2. The highest BCUT2D eigenvalue weighted by atomic mass is 16.3. The molecule has 15 heavy (non-hydrogen) atoms. The lowest BCUT2D eigenvalue weighted by Gasteiger charge is -2.25. The van der Waals surface area contributed by atoms with E-state index in [2.05, 4.69) is 6.07 Å². The fourth-order valence-corrected chi connectivity index (χ4v) is 2.33. The standard InChI is InChI=1S/C13H19NO/c1-13(2,14)11-8-7-9-5-3-4-6-10(9)12(11)15/h7-8,15H,3-6,14H2,1-2H3. The molecule has 1 aromatic carbocycles. The molecule has 2 nitrogen and oxygen atoms in total. The summed E-state index contributed by atoms with van der Waals surface area (Å²) in [5, 5.41) is 10.2. The summed E-state index contributed by atoms with van der Waals surface area (Å²) in [4.78, 5) is 0. The van der Waals surface area contributed by atoms with Gasteiger partial charge in [0.15, 0.2) is 0 Å². The SMILES string of the molecule is CC(C)(N)c1ccc2c(c1O)CCCC2. The Balaban J connectivity index is 2.53. The van der Waals surface area contributed by atoms with Crippen molar-refractivity contribution in [1.82, 2.24) is 0 Å². The van der Waals surface area contributed by atoms with Crippen LogP contribution in [0.1, 0.15) is 43.4 Å². The molecule has 2 rings (SSSR count). The molecule has 0 unspecified atom stereocenters. The highest BCUT2D eigenvalue weighted by Crippen LogP contribution is 2.35. The molecule has 0 atom stereocenters. The van der Waals surface area contributed by atoms with Gasteiger partial charge in [0, 0.05) is 11.1 Å². The molecule has 0 radical (unpaired) electrons. The second kappa shape index (κ2) is 3.53. The Hall–Kier alpha value is -1.02. The summed E-state index contributed by atoms with van der Waals surface area (Å²) in [6.07, 6.45) is 4.49. The summed E-state index contributed by atoms with van der Waals surface area (Å²) >= 11 is 0. The molecular formula is C13H19NO. The molecule has 0 amide bonds. The van der Waals surface area contributed by atoms with Crippen molar-refractivity contribution < 1.29 is 5.11 Å². The molecule has 0 saturated heterocycles. The van der Waals surface area contributed by atoms with Gasteiger partial charge in [-0.3, -0.25) is 0 Å². The number of hydrogen-bond donors (Lipinski definition) is 2. The minimum atomic E-state index is -0.462. The molecule has 0 fully saturated rings. The van der Waals surface area contributed by atoms with Gasteiger partial charge in [0.25, 0.3) is 0 Å². The summed E-state index contributed by atoms with van der Waals surface area (Å²) in [5.74, 6) is 0.430. The molecular weight excluding hydrogens is 186 g/mol. The molecule has 0 saturated carbocycles. The molecule has 2 heteroatoms. The summed E-state index contributed by atoms with van der Waals surface area (Å²) < 4.78 is 0. The van der Waals surface area contributed by atoms with Crippen molar-refractivity contribution in [2.75, 3.05) is 0 Å². The van der Waals surface area contributed by atoms with Gasteiger partial charge in [0.2, 0.25) is 0 Å². The Kier molecular flexibility index (Phi) is 2.47. The largest absolute Gasteiger partial charge is 0.507 e. The van der Waals surface area contributed by atoms with Crippen LogP contribution in [0, 0.1) is 0 Å². The fourth-order valence-electron chi connectivity index (χ4n) is 2.33. The minimum absolute atomic E-state index is 0.430. The zero-order chi connectivity index (χ0) is 11.1. The molecule has 82 valence electrons. The number of fused-ring (bicyclic) bond motifs is 1. The second-order valence-electron chi connectivity index (χ2n) is 5.03. The van der Waals surface area contributed by atoms with Crippen molar-refractivity contribution in [3.63, 3.8) is 0 Å². The quantitative estimate of drug-likeness (QED) is 0.739. The van der Waals surface area contributed by atoms with E-state index in [1.54, 1.807) is 0 Å². The molecule has 0 aliphatic heterocycles. The van der Waals surface area contributed by atoms with Gasteiger partial charge in [-0.1, -0.05) is 12.1 Å². The van der Waals surface area contributed by atoms with Crippen LogP contribution in [0.5, 0.6) is 5.75 Å². The average Bonchev–Trinajstić information content (AvgIpc) is 2.16. The zero-order valence-corrected chi connectivity index (χ0v) is 9.51. The Morgan fingerprint density at radius 2 is 1.87 bits per heavy atom. The lowest BCUT2D eigenvalue weighted by atomic mass is 9.85. The van der Waals surface area contributed by atoms with E-state index in [-0.39, 0.29) is 0 Å². The van der Waals surface area contributed by atoms with Crippen molar-refractivity contribution >= 4 is 0 Å². The molecule has 1 aliphatic rings. The fraction of sp³-hybridized carbons (Fsp3) is 0.538. The third kappa shape index (κ3) is 1.86. The van der Waals surface area contributed by atoms with Gasteiger partial charge < -0.3 is 10.8 Å². The lowest BCUT2D eigenvalue weighted by molar-refractivity contribution is 0.429. The van der Waals surface area contributed by atoms with Gasteiger partial charge in [0.1, 0.15) is 5.75 Å². The topological polar surface area (TPSA) is 46.2 Å². The predicted octanol–water partition coefficient (Wildman–Crippen LogP) is 2.46. The first kappa shape index (κ1) is 10.5. The van der Waals surface area contributed by atoms with Crippen LogP contribution in [0.4, 0.5) is 0 Å². The average molecular weight is 205 g/mol. The number of phenols is 1. The van der Waals surface area contributed by atoms with E-state index in [0.717, 1.165) is 24.0 Å². The monoisotopic (exact) mass is 205 g/mol. The number of nitrogens with two attached hydrogens (primary N) is 1. The van der Waals surface area contributed by atoms with Gasteiger partial charge in [0.05, 0.1) is 0 Å². The Morgan fingerprint density at radius 3 is 2.53 bits per heavy atom.